The van der Waals surface area contributed by atoms with Gasteiger partial charge in [0.05, 0.1) is 4.88 Å². The van der Waals surface area contributed by atoms with Gasteiger partial charge in [-0.15, -0.1) is 11.3 Å². The molecule has 1 N–H and O–H groups in total. The second kappa shape index (κ2) is 4.54. The molecule has 2 bridgehead atoms. The highest BCUT2D eigenvalue weighted by Gasteiger charge is 2.34. The molecule has 2 fully saturated rings. The summed E-state index contributed by atoms with van der Waals surface area (Å²) in [5.74, 6) is 0.978. The summed E-state index contributed by atoms with van der Waals surface area (Å²) in [5, 5.41) is 5.65. The lowest BCUT2D eigenvalue weighted by atomic mass is 9.88. The van der Waals surface area contributed by atoms with Crippen LogP contribution in [0.1, 0.15) is 47.3 Å². The van der Waals surface area contributed by atoms with Crippen LogP contribution in [-0.4, -0.2) is 17.9 Å². The van der Waals surface area contributed by atoms with Gasteiger partial charge in [-0.3, -0.25) is 4.79 Å². The predicted molar refractivity (Wildman–Crippen MR) is 70.7 cm³/mol. The largest absolute Gasteiger partial charge is 0.311 e. The lowest BCUT2D eigenvalue weighted by Gasteiger charge is -2.28. The fourth-order valence-corrected chi connectivity index (χ4v) is 4.23. The molecule has 0 radical (unpaired) electrons. The average Bonchev–Trinajstić information content (AvgIpc) is 2.85. The maximum Gasteiger partial charge on any atom is 0.173 e. The molecule has 2 nitrogen and oxygen atoms in total. The molecule has 17 heavy (non-hydrogen) atoms. The van der Waals surface area contributed by atoms with E-state index in [4.69, 9.17) is 0 Å². The van der Waals surface area contributed by atoms with Crippen LogP contribution in [0.25, 0.3) is 0 Å². The fraction of sp³-hybridized carbons (Fsp3) is 0.643. The Hall–Kier alpha value is -0.670. The summed E-state index contributed by atoms with van der Waals surface area (Å²) in [4.78, 5) is 13.2. The van der Waals surface area contributed by atoms with Gasteiger partial charge >= 0.3 is 0 Å². The third-order valence-corrected chi connectivity index (χ3v) is 5.22. The highest BCUT2D eigenvalue weighted by molar-refractivity contribution is 7.12. The van der Waals surface area contributed by atoms with E-state index in [1.807, 2.05) is 18.4 Å². The maximum absolute atomic E-state index is 12.2. The molecule has 1 aromatic heterocycles. The number of nitrogens with one attached hydrogen (secondary N) is 1. The number of hydrogen-bond acceptors (Lipinski definition) is 3. The summed E-state index contributed by atoms with van der Waals surface area (Å²) in [7, 11) is 0. The Morgan fingerprint density at radius 2 is 2.12 bits per heavy atom. The van der Waals surface area contributed by atoms with E-state index >= 15 is 0 Å². The van der Waals surface area contributed by atoms with Crippen molar-refractivity contribution in [3.8, 4) is 0 Å². The number of piperidine rings is 1. The molecule has 0 amide bonds. The zero-order chi connectivity index (χ0) is 11.8. The minimum Gasteiger partial charge on any atom is -0.311 e. The third-order valence-electron chi connectivity index (χ3n) is 4.16. The molecule has 0 aliphatic carbocycles. The Morgan fingerprint density at radius 3 is 2.71 bits per heavy atom. The van der Waals surface area contributed by atoms with Crippen LogP contribution in [0, 0.1) is 12.8 Å². The van der Waals surface area contributed by atoms with Gasteiger partial charge < -0.3 is 5.32 Å². The van der Waals surface area contributed by atoms with Crippen molar-refractivity contribution >= 4 is 17.1 Å². The van der Waals surface area contributed by atoms with Crippen molar-refractivity contribution in [1.82, 2.24) is 5.32 Å². The molecular formula is C14H19NOS. The number of fused-ring (bicyclic) bond motifs is 2. The number of Topliss-reactive ketones (excluding diaryl/α,β-unsaturated/α-hetero) is 1. The van der Waals surface area contributed by atoms with Crippen LogP contribution in [-0.2, 0) is 0 Å². The van der Waals surface area contributed by atoms with Gasteiger partial charge in [0.15, 0.2) is 5.78 Å². The van der Waals surface area contributed by atoms with E-state index in [9.17, 15) is 4.79 Å². The Balaban J connectivity index is 1.64. The smallest absolute Gasteiger partial charge is 0.173 e. The van der Waals surface area contributed by atoms with E-state index < -0.39 is 0 Å². The topological polar surface area (TPSA) is 29.1 Å². The number of hydrogen-bond donors (Lipinski definition) is 1. The molecule has 1 aromatic rings. The van der Waals surface area contributed by atoms with E-state index in [2.05, 4.69) is 5.32 Å². The van der Waals surface area contributed by atoms with Gasteiger partial charge in [0, 0.05) is 18.5 Å². The molecule has 2 unspecified atom stereocenters. The van der Waals surface area contributed by atoms with Gasteiger partial charge in [-0.05, 0) is 55.5 Å². The summed E-state index contributed by atoms with van der Waals surface area (Å²) < 4.78 is 0. The van der Waals surface area contributed by atoms with Crippen molar-refractivity contribution in [1.29, 1.82) is 0 Å². The normalized spacial score (nSPS) is 31.7. The van der Waals surface area contributed by atoms with Crippen LogP contribution in [0.3, 0.4) is 0 Å². The average molecular weight is 249 g/mol. The molecule has 0 aromatic carbocycles. The van der Waals surface area contributed by atoms with Crippen molar-refractivity contribution in [3.63, 3.8) is 0 Å². The molecule has 0 saturated carbocycles. The van der Waals surface area contributed by atoms with E-state index in [-0.39, 0.29) is 0 Å². The van der Waals surface area contributed by atoms with Crippen LogP contribution >= 0.6 is 11.3 Å². The predicted octanol–water partition coefficient (Wildman–Crippen LogP) is 3.16. The number of carbonyl (C=O) groups is 1. The van der Waals surface area contributed by atoms with Crippen LogP contribution in [0.5, 0.6) is 0 Å². The molecule has 2 aliphatic heterocycles. The Morgan fingerprint density at radius 1 is 1.41 bits per heavy atom. The van der Waals surface area contributed by atoms with Crippen molar-refractivity contribution in [2.75, 3.05) is 0 Å². The van der Waals surface area contributed by atoms with Gasteiger partial charge in [-0.2, -0.15) is 0 Å². The van der Waals surface area contributed by atoms with E-state index in [1.54, 1.807) is 11.3 Å². The third kappa shape index (κ3) is 2.31. The van der Waals surface area contributed by atoms with Crippen LogP contribution < -0.4 is 5.32 Å². The van der Waals surface area contributed by atoms with Gasteiger partial charge in [-0.25, -0.2) is 0 Å². The van der Waals surface area contributed by atoms with Crippen LogP contribution in [0.4, 0.5) is 0 Å². The summed E-state index contributed by atoms with van der Waals surface area (Å²) in [6.45, 7) is 2.04. The van der Waals surface area contributed by atoms with E-state index in [1.165, 1.54) is 25.7 Å². The van der Waals surface area contributed by atoms with Crippen molar-refractivity contribution in [2.45, 2.75) is 51.1 Å². The summed E-state index contributed by atoms with van der Waals surface area (Å²) in [5.41, 5.74) is 1.15. The highest BCUT2D eigenvalue weighted by Crippen LogP contribution is 2.34. The number of aryl methyl sites for hydroxylation is 1. The highest BCUT2D eigenvalue weighted by atomic mass is 32.1. The molecule has 92 valence electrons. The van der Waals surface area contributed by atoms with Gasteiger partial charge in [0.25, 0.3) is 0 Å². The first-order valence-electron chi connectivity index (χ1n) is 6.55. The van der Waals surface area contributed by atoms with Gasteiger partial charge in [0.1, 0.15) is 0 Å². The first-order valence-corrected chi connectivity index (χ1v) is 7.43. The SMILES string of the molecule is Cc1ccsc1C(=O)CC1CC2CCC(C1)N2. The maximum atomic E-state index is 12.2. The summed E-state index contributed by atoms with van der Waals surface area (Å²) in [6, 6.07) is 3.43. The molecular weight excluding hydrogens is 230 g/mol. The lowest BCUT2D eigenvalue weighted by Crippen LogP contribution is -2.38. The van der Waals surface area contributed by atoms with Gasteiger partial charge in [0.2, 0.25) is 0 Å². The molecule has 3 heterocycles. The van der Waals surface area contributed by atoms with Crippen molar-refractivity contribution in [2.24, 2.45) is 5.92 Å². The Labute approximate surface area is 106 Å². The van der Waals surface area contributed by atoms with E-state index in [0.29, 0.717) is 23.8 Å². The first kappa shape index (κ1) is 11.4. The zero-order valence-electron chi connectivity index (χ0n) is 10.2. The minimum absolute atomic E-state index is 0.365. The monoisotopic (exact) mass is 249 g/mol. The molecule has 0 spiro atoms. The number of ketones is 1. The van der Waals surface area contributed by atoms with Gasteiger partial charge in [-0.1, -0.05) is 0 Å². The molecule has 3 rings (SSSR count). The lowest BCUT2D eigenvalue weighted by molar-refractivity contribution is 0.0949. The molecule has 2 aliphatic rings. The van der Waals surface area contributed by atoms with Crippen molar-refractivity contribution in [3.05, 3.63) is 21.9 Å². The molecule has 2 atom stereocenters. The quantitative estimate of drug-likeness (QED) is 0.834. The minimum atomic E-state index is 0.365. The number of rotatable bonds is 3. The van der Waals surface area contributed by atoms with Crippen LogP contribution in [0.2, 0.25) is 0 Å². The zero-order valence-corrected chi connectivity index (χ0v) is 11.1. The Bertz CT molecular complexity index is 414. The molecule has 3 heteroatoms. The summed E-state index contributed by atoms with van der Waals surface area (Å²) >= 11 is 1.60. The second-order valence-corrected chi connectivity index (χ2v) is 6.45. The second-order valence-electron chi connectivity index (χ2n) is 5.54. The molecule has 2 saturated heterocycles. The Kier molecular flexibility index (Phi) is 3.05. The van der Waals surface area contributed by atoms with Crippen LogP contribution in [0.15, 0.2) is 11.4 Å². The standard InChI is InChI=1S/C14H19NOS/c1-9-4-5-17-14(9)13(16)8-10-6-11-2-3-12(7-10)15-11/h4-5,10-12,15H,2-3,6-8H2,1H3. The fourth-order valence-electron chi connectivity index (χ4n) is 3.36. The number of carbonyl (C=O) groups excluding carboxylic acids is 1. The van der Waals surface area contributed by atoms with Crippen molar-refractivity contribution < 1.29 is 4.79 Å². The van der Waals surface area contributed by atoms with E-state index in [0.717, 1.165) is 16.9 Å². The summed E-state index contributed by atoms with van der Waals surface area (Å²) in [6.07, 6.45) is 5.79. The number of thiophene rings is 1. The first-order chi connectivity index (χ1) is 8.22.